The highest BCUT2D eigenvalue weighted by Crippen LogP contribution is 2.23. The largest absolute Gasteiger partial charge is 0.352 e. The first-order valence-electron chi connectivity index (χ1n) is 12.4. The molecule has 8 nitrogen and oxygen atoms in total. The van der Waals surface area contributed by atoms with Crippen molar-refractivity contribution in [3.05, 3.63) is 64.7 Å². The van der Waals surface area contributed by atoms with Crippen molar-refractivity contribution in [3.63, 3.8) is 0 Å². The van der Waals surface area contributed by atoms with Gasteiger partial charge in [-0.2, -0.15) is 0 Å². The van der Waals surface area contributed by atoms with Gasteiger partial charge in [0.25, 0.3) is 0 Å². The topological polar surface area (TPSA) is 104 Å². The molecule has 1 fully saturated rings. The molecule has 1 N–H and O–H groups in total. The summed E-state index contributed by atoms with van der Waals surface area (Å²) in [5.41, 5.74) is 1.30. The van der Waals surface area contributed by atoms with Crippen molar-refractivity contribution in [1.29, 1.82) is 0 Å². The Morgan fingerprint density at radius 2 is 1.73 bits per heavy atom. The number of hydrogen-bond acceptors (Lipinski definition) is 5. The number of Topliss-reactive ketones (excluding diaryl/α,β-unsaturated/α-hetero) is 1. The number of nitrogens with zero attached hydrogens (tertiary/aromatic N) is 2. The molecule has 1 unspecified atom stereocenters. The van der Waals surface area contributed by atoms with Crippen LogP contribution in [0.15, 0.2) is 48.5 Å². The van der Waals surface area contributed by atoms with E-state index in [2.05, 4.69) is 5.32 Å². The van der Waals surface area contributed by atoms with Crippen molar-refractivity contribution >= 4 is 44.9 Å². The minimum atomic E-state index is -3.88. The number of nitrogens with one attached hydrogen (secondary N) is 1. The number of ketones is 1. The van der Waals surface area contributed by atoms with Crippen molar-refractivity contribution in [1.82, 2.24) is 10.2 Å². The molecular formula is C27H34ClN3O5S. The summed E-state index contributed by atoms with van der Waals surface area (Å²) in [4.78, 5) is 40.4. The van der Waals surface area contributed by atoms with E-state index < -0.39 is 28.5 Å². The lowest BCUT2D eigenvalue weighted by Gasteiger charge is -2.33. The Labute approximate surface area is 224 Å². The van der Waals surface area contributed by atoms with Gasteiger partial charge in [0, 0.05) is 23.2 Å². The summed E-state index contributed by atoms with van der Waals surface area (Å²) in [5.74, 6) is -0.996. The van der Waals surface area contributed by atoms with Crippen LogP contribution in [-0.2, 0) is 26.2 Å². The average Bonchev–Trinajstić information content (AvgIpc) is 3.35. The molecule has 0 spiro atoms. The molecule has 0 heterocycles. The number of anilines is 1. The third kappa shape index (κ3) is 7.79. The normalized spacial score (nSPS) is 14.7. The quantitative estimate of drug-likeness (QED) is 0.425. The molecule has 1 aliphatic rings. The molecule has 0 bridgehead atoms. The Balaban J connectivity index is 1.94. The summed E-state index contributed by atoms with van der Waals surface area (Å²) in [6.45, 7) is 2.81. The number of rotatable bonds is 11. The van der Waals surface area contributed by atoms with Gasteiger partial charge in [0.05, 0.1) is 11.9 Å². The lowest BCUT2D eigenvalue weighted by Crippen LogP contribution is -2.53. The average molecular weight is 548 g/mol. The SMILES string of the molecule is CCC(C(=O)NC1CCCC1)N(Cc1ccc(Cl)cc1)C(=O)CN(c1cccc(C(C)=O)c1)S(C)(=O)=O. The molecule has 2 aromatic carbocycles. The van der Waals surface area contributed by atoms with Gasteiger partial charge in [-0.3, -0.25) is 18.7 Å². The first-order valence-corrected chi connectivity index (χ1v) is 14.6. The van der Waals surface area contributed by atoms with Gasteiger partial charge in [0.15, 0.2) is 5.78 Å². The smallest absolute Gasteiger partial charge is 0.244 e. The van der Waals surface area contributed by atoms with Crippen LogP contribution in [-0.4, -0.2) is 55.8 Å². The van der Waals surface area contributed by atoms with Gasteiger partial charge in [-0.05, 0) is 56.0 Å². The van der Waals surface area contributed by atoms with Gasteiger partial charge < -0.3 is 10.2 Å². The van der Waals surface area contributed by atoms with Crippen LogP contribution in [0.2, 0.25) is 5.02 Å². The minimum Gasteiger partial charge on any atom is -0.352 e. The van der Waals surface area contributed by atoms with E-state index in [-0.39, 0.29) is 30.0 Å². The molecule has 2 amide bonds. The van der Waals surface area contributed by atoms with E-state index in [9.17, 15) is 22.8 Å². The third-order valence-corrected chi connectivity index (χ3v) is 7.97. The van der Waals surface area contributed by atoms with Crippen LogP contribution in [0.25, 0.3) is 0 Å². The molecule has 0 radical (unpaired) electrons. The number of hydrogen-bond donors (Lipinski definition) is 1. The fourth-order valence-corrected chi connectivity index (χ4v) is 5.53. The second-order valence-corrected chi connectivity index (χ2v) is 11.8. The zero-order valence-electron chi connectivity index (χ0n) is 21.4. The predicted octanol–water partition coefficient (Wildman–Crippen LogP) is 4.17. The number of benzene rings is 2. The van der Waals surface area contributed by atoms with Crippen molar-refractivity contribution in [3.8, 4) is 0 Å². The Kier molecular flexibility index (Phi) is 9.73. The van der Waals surface area contributed by atoms with E-state index in [0.717, 1.165) is 41.8 Å². The number of carbonyl (C=O) groups is 3. The fraction of sp³-hybridized carbons (Fsp3) is 0.444. The second-order valence-electron chi connectivity index (χ2n) is 9.44. The highest BCUT2D eigenvalue weighted by Gasteiger charge is 2.33. The molecule has 0 saturated heterocycles. The van der Waals surface area contributed by atoms with E-state index in [4.69, 9.17) is 11.6 Å². The lowest BCUT2D eigenvalue weighted by atomic mass is 10.1. The Morgan fingerprint density at radius 1 is 1.08 bits per heavy atom. The maximum atomic E-state index is 13.8. The second kappa shape index (κ2) is 12.6. The van der Waals surface area contributed by atoms with Crippen LogP contribution in [0, 0.1) is 0 Å². The van der Waals surface area contributed by atoms with Crippen molar-refractivity contribution in [2.45, 2.75) is 64.6 Å². The molecule has 0 aliphatic heterocycles. The molecule has 1 saturated carbocycles. The van der Waals surface area contributed by atoms with Crippen LogP contribution >= 0.6 is 11.6 Å². The molecule has 200 valence electrons. The Bertz CT molecular complexity index is 1230. The number of carbonyl (C=O) groups excluding carboxylic acids is 3. The first kappa shape index (κ1) is 28.7. The standard InChI is InChI=1S/C27H34ClN3O5S/c1-4-25(27(34)29-23-9-5-6-10-23)30(17-20-12-14-22(28)15-13-20)26(33)18-31(37(3,35)36)24-11-7-8-21(16-24)19(2)32/h7-8,11-16,23,25H,4-6,9-10,17-18H2,1-3H3,(H,29,34). The van der Waals surface area contributed by atoms with Gasteiger partial charge in [-0.1, -0.05) is 55.6 Å². The molecule has 10 heteroatoms. The summed E-state index contributed by atoms with van der Waals surface area (Å²) < 4.78 is 26.5. The molecular weight excluding hydrogens is 514 g/mol. The van der Waals surface area contributed by atoms with E-state index in [0.29, 0.717) is 17.0 Å². The number of halogens is 1. The van der Waals surface area contributed by atoms with Crippen LogP contribution in [0.1, 0.15) is 61.9 Å². The molecule has 2 aromatic rings. The molecule has 0 aromatic heterocycles. The third-order valence-electron chi connectivity index (χ3n) is 6.57. The summed E-state index contributed by atoms with van der Waals surface area (Å²) in [5, 5.41) is 3.61. The van der Waals surface area contributed by atoms with Gasteiger partial charge in [0.2, 0.25) is 21.8 Å². The Morgan fingerprint density at radius 3 is 2.30 bits per heavy atom. The molecule has 3 rings (SSSR count). The van der Waals surface area contributed by atoms with Crippen LogP contribution in [0.4, 0.5) is 5.69 Å². The molecule has 1 atom stereocenters. The van der Waals surface area contributed by atoms with E-state index in [1.807, 2.05) is 6.92 Å². The molecule has 1 aliphatic carbocycles. The van der Waals surface area contributed by atoms with Crippen LogP contribution < -0.4 is 9.62 Å². The van der Waals surface area contributed by atoms with Gasteiger partial charge in [-0.25, -0.2) is 8.42 Å². The van der Waals surface area contributed by atoms with Crippen molar-refractivity contribution in [2.24, 2.45) is 0 Å². The monoisotopic (exact) mass is 547 g/mol. The van der Waals surface area contributed by atoms with Crippen molar-refractivity contribution < 1.29 is 22.8 Å². The summed E-state index contributed by atoms with van der Waals surface area (Å²) >= 11 is 6.03. The number of amides is 2. The highest BCUT2D eigenvalue weighted by atomic mass is 35.5. The van der Waals surface area contributed by atoms with Gasteiger partial charge in [-0.15, -0.1) is 0 Å². The molecule has 37 heavy (non-hydrogen) atoms. The summed E-state index contributed by atoms with van der Waals surface area (Å²) in [6, 6.07) is 12.4. The van der Waals surface area contributed by atoms with E-state index >= 15 is 0 Å². The maximum Gasteiger partial charge on any atom is 0.244 e. The van der Waals surface area contributed by atoms with E-state index in [1.165, 1.54) is 24.0 Å². The fourth-order valence-electron chi connectivity index (χ4n) is 4.57. The lowest BCUT2D eigenvalue weighted by molar-refractivity contribution is -0.140. The van der Waals surface area contributed by atoms with Crippen molar-refractivity contribution in [2.75, 3.05) is 17.1 Å². The number of sulfonamides is 1. The predicted molar refractivity (Wildman–Crippen MR) is 145 cm³/mol. The van der Waals surface area contributed by atoms with Gasteiger partial charge >= 0.3 is 0 Å². The van der Waals surface area contributed by atoms with Gasteiger partial charge in [0.1, 0.15) is 12.6 Å². The zero-order chi connectivity index (χ0) is 27.2. The minimum absolute atomic E-state index is 0.0795. The zero-order valence-corrected chi connectivity index (χ0v) is 23.0. The first-order chi connectivity index (χ1) is 17.5. The highest BCUT2D eigenvalue weighted by molar-refractivity contribution is 7.92. The summed E-state index contributed by atoms with van der Waals surface area (Å²) in [6.07, 6.45) is 5.28. The maximum absolute atomic E-state index is 13.8. The van der Waals surface area contributed by atoms with Crippen LogP contribution in [0.5, 0.6) is 0 Å². The Hall–Kier alpha value is -2.91. The summed E-state index contributed by atoms with van der Waals surface area (Å²) in [7, 11) is -3.88. The van der Waals surface area contributed by atoms with Crippen LogP contribution in [0.3, 0.4) is 0 Å². The van der Waals surface area contributed by atoms with E-state index in [1.54, 1.807) is 36.4 Å².